The molecule has 128 valence electrons. The molecule has 0 spiro atoms. The van der Waals surface area contributed by atoms with Gasteiger partial charge in [-0.2, -0.15) is 22.2 Å². The van der Waals surface area contributed by atoms with E-state index < -0.39 is 14.8 Å². The molecule has 0 heterocycles. The molecular weight excluding hydrogens is 367 g/mol. The van der Waals surface area contributed by atoms with Crippen LogP contribution in [0.25, 0.3) is 0 Å². The molecule has 2 unspecified atom stereocenters. The van der Waals surface area contributed by atoms with Gasteiger partial charge >= 0.3 is 0 Å². The van der Waals surface area contributed by atoms with Crippen molar-refractivity contribution in [3.63, 3.8) is 0 Å². The van der Waals surface area contributed by atoms with E-state index in [1.807, 2.05) is 12.1 Å². The average Bonchev–Trinajstić information content (AvgIpc) is 2.60. The topological polar surface area (TPSA) is 0 Å². The van der Waals surface area contributed by atoms with Crippen LogP contribution in [0.15, 0.2) is 72.1 Å². The fourth-order valence-electron chi connectivity index (χ4n) is 2.87. The van der Waals surface area contributed by atoms with Gasteiger partial charge in [-0.3, -0.25) is 0 Å². The van der Waals surface area contributed by atoms with Gasteiger partial charge < -0.3 is 0 Å². The minimum atomic E-state index is -2.25. The van der Waals surface area contributed by atoms with Crippen LogP contribution in [0.3, 0.4) is 0 Å². The van der Waals surface area contributed by atoms with Crippen molar-refractivity contribution in [2.45, 2.75) is 38.8 Å². The highest BCUT2D eigenvalue weighted by Crippen LogP contribution is 2.31. The molecule has 2 aromatic carbocycles. The molecule has 0 aromatic heterocycles. The van der Waals surface area contributed by atoms with Crippen molar-refractivity contribution in [1.29, 1.82) is 0 Å². The van der Waals surface area contributed by atoms with Gasteiger partial charge in [0.25, 0.3) is 0 Å². The minimum absolute atomic E-state index is 0.399. The van der Waals surface area contributed by atoms with Gasteiger partial charge in [-0.25, -0.2) is 0 Å². The van der Waals surface area contributed by atoms with Gasteiger partial charge in [-0.1, -0.05) is 99.8 Å². The molecule has 4 heteroatoms. The fraction of sp³-hybridized carbons (Fsp3) is 0.300. The van der Waals surface area contributed by atoms with Crippen molar-refractivity contribution in [2.24, 2.45) is 0 Å². The molecule has 0 amide bonds. The second-order valence-corrected chi connectivity index (χ2v) is 17.9. The lowest BCUT2D eigenvalue weighted by molar-refractivity contribution is 1.04. The molecule has 0 aliphatic rings. The van der Waals surface area contributed by atoms with Crippen LogP contribution in [0, 0.1) is 0 Å². The Balaban J connectivity index is 2.47. The van der Waals surface area contributed by atoms with Gasteiger partial charge in [-0.05, 0) is 21.5 Å². The van der Waals surface area contributed by atoms with E-state index in [0.29, 0.717) is 11.1 Å². The lowest BCUT2D eigenvalue weighted by Gasteiger charge is -2.30. The van der Waals surface area contributed by atoms with Crippen LogP contribution >= 0.6 is 22.2 Å². The van der Waals surface area contributed by atoms with E-state index in [1.54, 1.807) is 0 Å². The maximum absolute atomic E-state index is 7.21. The summed E-state index contributed by atoms with van der Waals surface area (Å²) < 4.78 is 0. The zero-order valence-electron chi connectivity index (χ0n) is 14.8. The van der Waals surface area contributed by atoms with Crippen molar-refractivity contribution in [3.05, 3.63) is 72.1 Å². The Morgan fingerprint density at radius 2 is 0.917 bits per heavy atom. The lowest BCUT2D eigenvalue weighted by Crippen LogP contribution is -2.47. The molecule has 0 aliphatic heterocycles. The Morgan fingerprint density at radius 3 is 1.17 bits per heavy atom. The Morgan fingerprint density at radius 1 is 0.625 bits per heavy atom. The third-order valence-electron chi connectivity index (χ3n) is 4.68. The molecule has 24 heavy (non-hydrogen) atoms. The van der Waals surface area contributed by atoms with Crippen LogP contribution in [-0.2, 0) is 0 Å². The second kappa shape index (κ2) is 8.05. The summed E-state index contributed by atoms with van der Waals surface area (Å²) in [6.45, 7) is 8.86. The van der Waals surface area contributed by atoms with Crippen LogP contribution in [0.1, 0.15) is 27.7 Å². The summed E-state index contributed by atoms with van der Waals surface area (Å²) in [6, 6.07) is 21.0. The Bertz CT molecular complexity index is 611. The monoisotopic (exact) mass is 392 g/mol. The number of hydrogen-bond donors (Lipinski definition) is 0. The zero-order chi connectivity index (χ0) is 17.8. The van der Waals surface area contributed by atoms with E-state index >= 15 is 0 Å². The van der Waals surface area contributed by atoms with Gasteiger partial charge in [0.05, 0.1) is 0 Å². The molecule has 0 fully saturated rings. The van der Waals surface area contributed by atoms with Crippen molar-refractivity contribution < 1.29 is 0 Å². The van der Waals surface area contributed by atoms with Crippen molar-refractivity contribution in [2.75, 3.05) is 0 Å². The fourth-order valence-corrected chi connectivity index (χ4v) is 10.6. The molecule has 0 bridgehead atoms. The van der Waals surface area contributed by atoms with Crippen molar-refractivity contribution in [3.8, 4) is 0 Å². The molecule has 2 rings (SSSR count). The van der Waals surface area contributed by atoms with E-state index in [4.69, 9.17) is 22.2 Å². The average molecular weight is 394 g/mol. The maximum atomic E-state index is 7.21. The Hall–Kier alpha value is -0.806. The van der Waals surface area contributed by atoms with Crippen LogP contribution in [-0.4, -0.2) is 14.8 Å². The lowest BCUT2D eigenvalue weighted by atomic mass is 10.4. The molecule has 0 aliphatic carbocycles. The predicted octanol–water partition coefficient (Wildman–Crippen LogP) is 5.62. The highest BCUT2D eigenvalue weighted by molar-refractivity contribution is 7.34. The van der Waals surface area contributed by atoms with Crippen molar-refractivity contribution >= 4 is 47.3 Å². The summed E-state index contributed by atoms with van der Waals surface area (Å²) in [5.74, 6) is 0. The summed E-state index contributed by atoms with van der Waals surface area (Å²) in [5.41, 5.74) is 5.35. The normalized spacial score (nSPS) is 17.2. The molecular formula is C20H26Cl2Si2. The molecule has 0 nitrogen and oxygen atoms in total. The second-order valence-electron chi connectivity index (χ2n) is 6.91. The highest BCUT2D eigenvalue weighted by Gasteiger charge is 2.39. The van der Waals surface area contributed by atoms with Gasteiger partial charge in [0, 0.05) is 0 Å². The summed E-state index contributed by atoms with van der Waals surface area (Å²) in [6.07, 6.45) is 0. The SMILES string of the molecule is CC(C)[Si](Cl)(/C=C/[Si](Cl)(c1ccccc1)C(C)C)c1ccccc1. The zero-order valence-corrected chi connectivity index (χ0v) is 18.4. The van der Waals surface area contributed by atoms with Crippen LogP contribution in [0.5, 0.6) is 0 Å². The summed E-state index contributed by atoms with van der Waals surface area (Å²) in [5, 5.41) is 2.51. The van der Waals surface area contributed by atoms with E-state index in [1.165, 1.54) is 10.4 Å². The number of halogens is 2. The third kappa shape index (κ3) is 4.05. The first-order chi connectivity index (χ1) is 11.3. The summed E-state index contributed by atoms with van der Waals surface area (Å²) in [7, 11) is -4.50. The maximum Gasteiger partial charge on any atom is 0.212 e. The molecule has 2 aromatic rings. The smallest absolute Gasteiger partial charge is 0.155 e. The summed E-state index contributed by atoms with van der Waals surface area (Å²) in [4.78, 5) is 0. The first kappa shape index (κ1) is 19.5. The van der Waals surface area contributed by atoms with E-state index in [2.05, 4.69) is 87.6 Å². The Labute approximate surface area is 157 Å². The Kier molecular flexibility index (Phi) is 6.55. The number of benzene rings is 2. The van der Waals surface area contributed by atoms with Gasteiger partial charge in [-0.15, -0.1) is 0 Å². The van der Waals surface area contributed by atoms with Crippen molar-refractivity contribution in [1.82, 2.24) is 0 Å². The first-order valence-corrected chi connectivity index (χ1v) is 14.8. The molecule has 2 atom stereocenters. The van der Waals surface area contributed by atoms with Crippen LogP contribution in [0.2, 0.25) is 11.1 Å². The van der Waals surface area contributed by atoms with Gasteiger partial charge in [0.1, 0.15) is 0 Å². The van der Waals surface area contributed by atoms with Gasteiger partial charge in [0.15, 0.2) is 0 Å². The predicted molar refractivity (Wildman–Crippen MR) is 115 cm³/mol. The summed E-state index contributed by atoms with van der Waals surface area (Å²) >= 11 is 14.4. The first-order valence-electron chi connectivity index (χ1n) is 8.50. The van der Waals surface area contributed by atoms with E-state index in [-0.39, 0.29) is 0 Å². The molecule has 0 N–H and O–H groups in total. The number of rotatable bonds is 6. The van der Waals surface area contributed by atoms with E-state index in [0.717, 1.165) is 0 Å². The van der Waals surface area contributed by atoms with Gasteiger partial charge in [0.2, 0.25) is 14.8 Å². The highest BCUT2D eigenvalue weighted by atomic mass is 35.6. The van der Waals surface area contributed by atoms with Crippen LogP contribution in [0.4, 0.5) is 0 Å². The molecule has 0 saturated carbocycles. The third-order valence-corrected chi connectivity index (χ3v) is 16.8. The largest absolute Gasteiger partial charge is 0.212 e. The standard InChI is InChI=1S/C20H26Cl2Si2/c1-17(2)23(21,19-11-7-5-8-12-19)15-16-24(22,18(3)4)20-13-9-6-10-14-20/h5-18H,1-4H3/b16-15+. The number of hydrogen-bond acceptors (Lipinski definition) is 0. The van der Waals surface area contributed by atoms with E-state index in [9.17, 15) is 0 Å². The molecule has 0 saturated heterocycles. The minimum Gasteiger partial charge on any atom is -0.155 e. The van der Waals surface area contributed by atoms with Crippen LogP contribution < -0.4 is 10.4 Å². The molecule has 0 radical (unpaired) electrons. The quantitative estimate of drug-likeness (QED) is 0.441.